The smallest absolute Gasteiger partial charge is 0.219 e. The molecule has 4 heterocycles. The summed E-state index contributed by atoms with van der Waals surface area (Å²) in [5.41, 5.74) is 18.5. The van der Waals surface area contributed by atoms with Crippen molar-refractivity contribution in [2.24, 2.45) is 5.73 Å². The summed E-state index contributed by atoms with van der Waals surface area (Å²) in [5, 5.41) is 1.09. The van der Waals surface area contributed by atoms with E-state index in [1.165, 1.54) is 6.33 Å². The predicted molar refractivity (Wildman–Crippen MR) is 120 cm³/mol. The summed E-state index contributed by atoms with van der Waals surface area (Å²) in [6, 6.07) is 6.42. The summed E-state index contributed by atoms with van der Waals surface area (Å²) >= 11 is 0. The lowest BCUT2D eigenvalue weighted by molar-refractivity contribution is -0.128. The largest absolute Gasteiger partial charge is 0.382 e. The monoisotopic (exact) mass is 416 g/mol. The van der Waals surface area contributed by atoms with Gasteiger partial charge in [-0.25, -0.2) is 15.0 Å². The lowest BCUT2D eigenvalue weighted by Gasteiger charge is -2.26. The second-order valence-corrected chi connectivity index (χ2v) is 7.86. The Morgan fingerprint density at radius 3 is 2.90 bits per heavy atom. The number of benzene rings is 1. The molecule has 9 nitrogen and oxygen atoms in total. The van der Waals surface area contributed by atoms with Crippen LogP contribution in [0.1, 0.15) is 30.2 Å². The minimum Gasteiger partial charge on any atom is -0.382 e. The fourth-order valence-corrected chi connectivity index (χ4v) is 4.22. The molecule has 0 radical (unpaired) electrons. The van der Waals surface area contributed by atoms with Gasteiger partial charge in [0.1, 0.15) is 11.8 Å². The molecule has 5 rings (SSSR count). The zero-order valence-electron chi connectivity index (χ0n) is 17.3. The van der Waals surface area contributed by atoms with Crippen LogP contribution < -0.4 is 11.5 Å². The molecular formula is C22H24N8O. The molecule has 158 valence electrons. The Balaban J connectivity index is 1.61. The number of nitrogens with two attached hydrogens (primary N) is 2. The van der Waals surface area contributed by atoms with Crippen LogP contribution in [0, 0.1) is 0 Å². The van der Waals surface area contributed by atoms with Gasteiger partial charge in [-0.3, -0.25) is 4.79 Å². The third-order valence-electron chi connectivity index (χ3n) is 5.82. The summed E-state index contributed by atoms with van der Waals surface area (Å²) < 4.78 is 1.96. The first-order valence-corrected chi connectivity index (χ1v) is 10.2. The quantitative estimate of drug-likeness (QED) is 0.466. The normalized spacial score (nSPS) is 14.4. The number of aromatic amines is 1. The van der Waals surface area contributed by atoms with Crippen molar-refractivity contribution < 1.29 is 4.79 Å². The molecule has 1 aromatic carbocycles. The summed E-state index contributed by atoms with van der Waals surface area (Å²) in [6.07, 6.45) is 6.26. The number of amides is 1. The number of aromatic nitrogens is 5. The molecule has 0 bridgehead atoms. The van der Waals surface area contributed by atoms with Crippen LogP contribution in [0.15, 0.2) is 36.9 Å². The molecule has 9 heteroatoms. The first-order chi connectivity index (χ1) is 15.0. The van der Waals surface area contributed by atoms with Gasteiger partial charge in [-0.2, -0.15) is 0 Å². The van der Waals surface area contributed by atoms with E-state index in [-0.39, 0.29) is 5.91 Å². The lowest BCUT2D eigenvalue weighted by Crippen LogP contribution is -2.33. The lowest BCUT2D eigenvalue weighted by atomic mass is 9.97. The van der Waals surface area contributed by atoms with Gasteiger partial charge in [-0.15, -0.1) is 0 Å². The number of rotatable bonds is 4. The van der Waals surface area contributed by atoms with Crippen molar-refractivity contribution in [1.29, 1.82) is 0 Å². The Morgan fingerprint density at radius 2 is 2.10 bits per heavy atom. The zero-order valence-corrected chi connectivity index (χ0v) is 17.3. The maximum Gasteiger partial charge on any atom is 0.219 e. The maximum absolute atomic E-state index is 11.9. The predicted octanol–water partition coefficient (Wildman–Crippen LogP) is 2.03. The molecule has 1 amide bonds. The van der Waals surface area contributed by atoms with Crippen molar-refractivity contribution in [3.8, 4) is 0 Å². The Morgan fingerprint density at radius 1 is 1.23 bits per heavy atom. The van der Waals surface area contributed by atoms with Gasteiger partial charge in [-0.1, -0.05) is 6.08 Å². The average Bonchev–Trinajstić information content (AvgIpc) is 3.39. The van der Waals surface area contributed by atoms with E-state index in [2.05, 4.69) is 44.2 Å². The highest BCUT2D eigenvalue weighted by Gasteiger charge is 2.18. The second kappa shape index (κ2) is 7.51. The Kier molecular flexibility index (Phi) is 4.67. The summed E-state index contributed by atoms with van der Waals surface area (Å²) in [7, 11) is 0. The van der Waals surface area contributed by atoms with Gasteiger partial charge in [0.2, 0.25) is 5.91 Å². The average molecular weight is 416 g/mol. The third-order valence-corrected chi connectivity index (χ3v) is 5.82. The van der Waals surface area contributed by atoms with Gasteiger partial charge in [-0.05, 0) is 41.3 Å². The van der Waals surface area contributed by atoms with Crippen LogP contribution in [0.4, 0.5) is 5.82 Å². The number of fused-ring (bicyclic) bond motifs is 2. The van der Waals surface area contributed by atoms with Gasteiger partial charge >= 0.3 is 0 Å². The van der Waals surface area contributed by atoms with Crippen LogP contribution in [-0.4, -0.2) is 48.4 Å². The van der Waals surface area contributed by atoms with E-state index in [0.717, 1.165) is 46.3 Å². The fourth-order valence-electron chi connectivity index (χ4n) is 4.22. The third kappa shape index (κ3) is 3.42. The van der Waals surface area contributed by atoms with Gasteiger partial charge in [0.15, 0.2) is 11.5 Å². The van der Waals surface area contributed by atoms with E-state index in [4.69, 9.17) is 11.5 Å². The number of nitrogens with zero attached hydrogens (tertiary/aromatic N) is 5. The molecule has 0 spiro atoms. The van der Waals surface area contributed by atoms with Gasteiger partial charge in [0.05, 0.1) is 18.4 Å². The number of H-pyrrole nitrogens is 1. The minimum atomic E-state index is 0.0983. The highest BCUT2D eigenvalue weighted by molar-refractivity contribution is 5.89. The second-order valence-electron chi connectivity index (χ2n) is 7.86. The number of nitrogen functional groups attached to an aromatic ring is 1. The number of nitrogens with one attached hydrogen (secondary N) is 1. The molecule has 0 atom stereocenters. The molecule has 0 unspecified atom stereocenters. The van der Waals surface area contributed by atoms with E-state index < -0.39 is 0 Å². The fraction of sp³-hybridized carbons (Fsp3) is 0.273. The van der Waals surface area contributed by atoms with E-state index in [1.807, 2.05) is 9.47 Å². The number of carbonyl (C=O) groups is 1. The molecule has 0 saturated carbocycles. The summed E-state index contributed by atoms with van der Waals surface area (Å²) in [4.78, 5) is 30.0. The highest BCUT2D eigenvalue weighted by atomic mass is 16.2. The standard InChI is InChI=1S/C22H24N8O/c1-13(31)29-4-2-3-14(9-29)15-5-16-7-18(8-23)28-19(16)17(6-15)10-30-12-27-20-21(24)25-11-26-22(20)30/h3,5-7,11-12,28H,2,4,8-10,23H2,1H3,(H2,24,25,26). The Hall–Kier alpha value is -3.72. The van der Waals surface area contributed by atoms with Crippen LogP contribution in [0.2, 0.25) is 0 Å². The number of anilines is 1. The van der Waals surface area contributed by atoms with E-state index in [1.54, 1.807) is 13.3 Å². The van der Waals surface area contributed by atoms with Gasteiger partial charge in [0.25, 0.3) is 0 Å². The number of carbonyl (C=O) groups excluding carboxylic acids is 1. The van der Waals surface area contributed by atoms with Gasteiger partial charge < -0.3 is 25.9 Å². The van der Waals surface area contributed by atoms with Crippen LogP contribution in [0.3, 0.4) is 0 Å². The van der Waals surface area contributed by atoms with Crippen molar-refractivity contribution in [1.82, 2.24) is 29.4 Å². The first-order valence-electron chi connectivity index (χ1n) is 10.2. The van der Waals surface area contributed by atoms with Crippen LogP contribution >= 0.6 is 0 Å². The summed E-state index contributed by atoms with van der Waals surface area (Å²) in [5.74, 6) is 0.464. The maximum atomic E-state index is 11.9. The van der Waals surface area contributed by atoms with E-state index in [0.29, 0.717) is 36.6 Å². The molecular weight excluding hydrogens is 392 g/mol. The molecule has 4 aromatic rings. The molecule has 5 N–H and O–H groups in total. The molecule has 0 aliphatic carbocycles. The van der Waals surface area contributed by atoms with Crippen molar-refractivity contribution in [3.05, 3.63) is 53.8 Å². The van der Waals surface area contributed by atoms with Crippen LogP contribution in [0.5, 0.6) is 0 Å². The highest BCUT2D eigenvalue weighted by Crippen LogP contribution is 2.29. The zero-order chi connectivity index (χ0) is 21.5. The van der Waals surface area contributed by atoms with E-state index >= 15 is 0 Å². The topological polar surface area (TPSA) is 132 Å². The van der Waals surface area contributed by atoms with E-state index in [9.17, 15) is 4.79 Å². The number of imidazole rings is 1. The molecule has 31 heavy (non-hydrogen) atoms. The molecule has 1 aliphatic rings. The molecule has 1 aliphatic heterocycles. The van der Waals surface area contributed by atoms with Gasteiger partial charge in [0, 0.05) is 37.6 Å². The first kappa shape index (κ1) is 19.3. The van der Waals surface area contributed by atoms with Crippen LogP contribution in [0.25, 0.3) is 27.6 Å². The molecule has 0 fully saturated rings. The van der Waals surface area contributed by atoms with Crippen LogP contribution in [-0.2, 0) is 17.9 Å². The van der Waals surface area contributed by atoms with Crippen molar-refractivity contribution in [2.75, 3.05) is 18.8 Å². The number of hydrogen-bond donors (Lipinski definition) is 3. The number of hydrogen-bond acceptors (Lipinski definition) is 6. The molecule has 3 aromatic heterocycles. The Bertz CT molecular complexity index is 1330. The Labute approximate surface area is 178 Å². The van der Waals surface area contributed by atoms with Crippen molar-refractivity contribution in [2.45, 2.75) is 26.4 Å². The van der Waals surface area contributed by atoms with Crippen molar-refractivity contribution >= 4 is 39.4 Å². The molecule has 0 saturated heterocycles. The minimum absolute atomic E-state index is 0.0983. The van der Waals surface area contributed by atoms with Crippen molar-refractivity contribution in [3.63, 3.8) is 0 Å². The summed E-state index contributed by atoms with van der Waals surface area (Å²) in [6.45, 7) is 3.99. The SMILES string of the molecule is CC(=O)N1CCC=C(c2cc(Cn3cnc4c(N)ncnc43)c3[nH]c(CN)cc3c2)C1.